The molecule has 7 heteroatoms. The molecule has 5 atom stereocenters. The van der Waals surface area contributed by atoms with Gasteiger partial charge in [-0.1, -0.05) is 40.7 Å². The Bertz CT molecular complexity index is 1300. The topological polar surface area (TPSA) is 101 Å². The van der Waals surface area contributed by atoms with E-state index in [0.717, 1.165) is 53.3 Å². The molecule has 40 heavy (non-hydrogen) atoms. The lowest BCUT2D eigenvalue weighted by atomic mass is 9.78. The van der Waals surface area contributed by atoms with Gasteiger partial charge in [0.05, 0.1) is 6.10 Å². The normalized spacial score (nSPS) is 27.6. The Labute approximate surface area is 239 Å². The van der Waals surface area contributed by atoms with Crippen molar-refractivity contribution >= 4 is 32.2 Å². The van der Waals surface area contributed by atoms with Crippen molar-refractivity contribution in [3.8, 4) is 0 Å². The van der Waals surface area contributed by atoms with Gasteiger partial charge in [-0.2, -0.15) is 0 Å². The Kier molecular flexibility index (Phi) is 8.45. The van der Waals surface area contributed by atoms with E-state index in [4.69, 9.17) is 4.43 Å². The first-order valence-corrected chi connectivity index (χ1v) is 17.3. The van der Waals surface area contributed by atoms with Crippen LogP contribution in [0.3, 0.4) is 0 Å². The second kappa shape index (κ2) is 11.1. The lowest BCUT2D eigenvalue weighted by Crippen LogP contribution is -2.42. The maximum Gasteiger partial charge on any atom is 0.191 e. The van der Waals surface area contributed by atoms with Gasteiger partial charge in [-0.3, -0.25) is 14.4 Å². The number of rotatable bonds is 9. The molecular formula is C33H44O6Si. The Balaban J connectivity index is 1.63. The van der Waals surface area contributed by atoms with E-state index in [1.165, 1.54) is 18.2 Å². The molecule has 216 valence electrons. The van der Waals surface area contributed by atoms with Crippen molar-refractivity contribution in [3.05, 3.63) is 63.8 Å². The summed E-state index contributed by atoms with van der Waals surface area (Å²) in [6.07, 6.45) is 7.48. The summed E-state index contributed by atoms with van der Waals surface area (Å²) >= 11 is 0. The van der Waals surface area contributed by atoms with Crippen LogP contribution in [-0.4, -0.2) is 55.2 Å². The fourth-order valence-corrected chi connectivity index (χ4v) is 7.29. The molecule has 1 unspecified atom stereocenters. The van der Waals surface area contributed by atoms with Gasteiger partial charge in [-0.05, 0) is 101 Å². The molecule has 3 aliphatic rings. The number of hydrogen-bond acceptors (Lipinski definition) is 6. The predicted molar refractivity (Wildman–Crippen MR) is 160 cm³/mol. The first-order valence-electron chi connectivity index (χ1n) is 14.4. The van der Waals surface area contributed by atoms with E-state index < -0.39 is 25.9 Å². The molecule has 0 spiro atoms. The predicted octanol–water partition coefficient (Wildman–Crippen LogP) is 5.73. The number of allylic oxidation sites excluding steroid dienone is 3. The van der Waals surface area contributed by atoms with Gasteiger partial charge in [-0.25, -0.2) is 0 Å². The summed E-state index contributed by atoms with van der Waals surface area (Å²) in [7, 11) is -2.01. The average molecular weight is 565 g/mol. The highest BCUT2D eigenvalue weighted by atomic mass is 28.4. The third-order valence-corrected chi connectivity index (χ3v) is 14.3. The molecule has 0 amide bonds. The van der Waals surface area contributed by atoms with Crippen LogP contribution in [-0.2, 0) is 20.4 Å². The summed E-state index contributed by atoms with van der Waals surface area (Å²) in [6.45, 7) is 15.2. The molecule has 0 radical (unpaired) electrons. The lowest BCUT2D eigenvalue weighted by molar-refractivity contribution is -0.113. The Hall–Kier alpha value is -2.45. The third-order valence-electron chi connectivity index (χ3n) is 9.74. The van der Waals surface area contributed by atoms with E-state index in [9.17, 15) is 24.6 Å². The highest BCUT2D eigenvalue weighted by Gasteiger charge is 2.42. The molecule has 0 bridgehead atoms. The highest BCUT2D eigenvalue weighted by molar-refractivity contribution is 6.74. The summed E-state index contributed by atoms with van der Waals surface area (Å²) in [5.74, 6) is -0.651. The van der Waals surface area contributed by atoms with Crippen LogP contribution in [0.5, 0.6) is 0 Å². The van der Waals surface area contributed by atoms with Crippen molar-refractivity contribution in [2.75, 3.05) is 6.61 Å². The second-order valence-electron chi connectivity index (χ2n) is 13.5. The SMILES string of the molecule is C[C@@H]1CCC(c2cc(C=O)c3c(c2)C[C@@H](C)[C@@H]3C(O)C2=C[C@@](O)(CCO[Si](C)(C)C(C)(C)C)C=CC2=O)=C1C=O. The molecule has 0 heterocycles. The quantitative estimate of drug-likeness (QED) is 0.294. The average Bonchev–Trinajstić information content (AvgIpc) is 3.42. The van der Waals surface area contributed by atoms with Gasteiger partial charge in [0, 0.05) is 30.1 Å². The molecule has 0 aromatic heterocycles. The summed E-state index contributed by atoms with van der Waals surface area (Å²) in [6, 6.07) is 3.87. The van der Waals surface area contributed by atoms with Gasteiger partial charge in [-0.15, -0.1) is 0 Å². The Morgan fingerprint density at radius 3 is 2.50 bits per heavy atom. The smallest absolute Gasteiger partial charge is 0.191 e. The van der Waals surface area contributed by atoms with Crippen molar-refractivity contribution in [3.63, 3.8) is 0 Å². The molecule has 1 aromatic rings. The first kappa shape index (κ1) is 30.5. The van der Waals surface area contributed by atoms with Crippen LogP contribution in [0.2, 0.25) is 18.1 Å². The minimum atomic E-state index is -2.01. The minimum absolute atomic E-state index is 0.0319. The number of aliphatic hydroxyl groups is 2. The summed E-state index contributed by atoms with van der Waals surface area (Å²) in [5.41, 5.74) is 3.62. The van der Waals surface area contributed by atoms with Gasteiger partial charge in [0.1, 0.15) is 18.2 Å². The minimum Gasteiger partial charge on any atom is -0.417 e. The molecule has 3 aliphatic carbocycles. The van der Waals surface area contributed by atoms with Crippen LogP contribution < -0.4 is 0 Å². The van der Waals surface area contributed by atoms with Crippen molar-refractivity contribution in [1.29, 1.82) is 0 Å². The largest absolute Gasteiger partial charge is 0.417 e. The van der Waals surface area contributed by atoms with Crippen LogP contribution >= 0.6 is 0 Å². The zero-order chi connectivity index (χ0) is 29.6. The summed E-state index contributed by atoms with van der Waals surface area (Å²) in [4.78, 5) is 37.1. The molecule has 6 nitrogen and oxygen atoms in total. The number of hydrogen-bond donors (Lipinski definition) is 2. The fourth-order valence-electron chi connectivity index (χ4n) is 6.24. The van der Waals surface area contributed by atoms with Crippen molar-refractivity contribution in [2.45, 2.75) is 96.1 Å². The van der Waals surface area contributed by atoms with Crippen molar-refractivity contribution in [1.82, 2.24) is 0 Å². The van der Waals surface area contributed by atoms with Gasteiger partial charge in [0.15, 0.2) is 14.1 Å². The number of ketones is 1. The number of carbonyl (C=O) groups is 3. The first-order chi connectivity index (χ1) is 18.6. The molecular weight excluding hydrogens is 520 g/mol. The highest BCUT2D eigenvalue weighted by Crippen LogP contribution is 2.47. The number of aldehydes is 2. The number of carbonyl (C=O) groups excluding carboxylic acids is 3. The van der Waals surface area contributed by atoms with E-state index >= 15 is 0 Å². The fraction of sp³-hybridized carbons (Fsp3) is 0.545. The molecule has 0 saturated carbocycles. The zero-order valence-electron chi connectivity index (χ0n) is 24.9. The lowest BCUT2D eigenvalue weighted by Gasteiger charge is -2.37. The number of aliphatic hydroxyl groups excluding tert-OH is 1. The van der Waals surface area contributed by atoms with Crippen molar-refractivity contribution in [2.24, 2.45) is 11.8 Å². The maximum atomic E-state index is 13.0. The van der Waals surface area contributed by atoms with E-state index in [0.29, 0.717) is 18.6 Å². The van der Waals surface area contributed by atoms with E-state index in [-0.39, 0.29) is 34.7 Å². The van der Waals surface area contributed by atoms with E-state index in [2.05, 4.69) is 33.9 Å². The molecule has 2 N–H and O–H groups in total. The number of fused-ring (bicyclic) bond motifs is 1. The van der Waals surface area contributed by atoms with E-state index in [1.807, 2.05) is 26.0 Å². The van der Waals surface area contributed by atoms with Gasteiger partial charge < -0.3 is 14.6 Å². The second-order valence-corrected chi connectivity index (χ2v) is 18.4. The standard InChI is InChI=1S/C33H44O6Si/c1-20-8-9-25(27(20)19-35)22-15-23-14-21(2)29(30(23)24(16-22)18-34)31(37)26-17-33(38,11-10-28(26)36)12-13-39-40(6,7)32(3,4)5/h10-11,15-21,29,31,37-38H,8-9,12-14H2,1-7H3/t20-,21-,29+,31?,33+/m1/s1. The van der Waals surface area contributed by atoms with Crippen LogP contribution in [0.25, 0.3) is 5.57 Å². The van der Waals surface area contributed by atoms with Gasteiger partial charge in [0.2, 0.25) is 0 Å². The van der Waals surface area contributed by atoms with Crippen LogP contribution in [0, 0.1) is 11.8 Å². The summed E-state index contributed by atoms with van der Waals surface area (Å²) in [5, 5.41) is 23.0. The van der Waals surface area contributed by atoms with Gasteiger partial charge in [0.25, 0.3) is 0 Å². The Morgan fingerprint density at radius 2 is 1.88 bits per heavy atom. The number of benzene rings is 1. The van der Waals surface area contributed by atoms with Crippen LogP contribution in [0.4, 0.5) is 0 Å². The molecule has 1 aromatic carbocycles. The Morgan fingerprint density at radius 1 is 1.18 bits per heavy atom. The molecule has 0 aliphatic heterocycles. The molecule has 0 fully saturated rings. The van der Waals surface area contributed by atoms with Crippen molar-refractivity contribution < 1.29 is 29.0 Å². The maximum absolute atomic E-state index is 13.0. The van der Waals surface area contributed by atoms with E-state index in [1.54, 1.807) is 0 Å². The summed E-state index contributed by atoms with van der Waals surface area (Å²) < 4.78 is 6.26. The third kappa shape index (κ3) is 5.66. The van der Waals surface area contributed by atoms with Gasteiger partial charge >= 0.3 is 0 Å². The van der Waals surface area contributed by atoms with Crippen LogP contribution in [0.1, 0.15) is 86.8 Å². The molecule has 0 saturated heterocycles. The zero-order valence-corrected chi connectivity index (χ0v) is 25.9. The molecule has 4 rings (SSSR count). The monoisotopic (exact) mass is 564 g/mol. The van der Waals surface area contributed by atoms with Crippen LogP contribution in [0.15, 0.2) is 41.5 Å².